The molecule has 0 unspecified atom stereocenters. The first-order valence-corrected chi connectivity index (χ1v) is 12.4. The molecule has 1 N–H and O–H groups in total. The van der Waals surface area contributed by atoms with Gasteiger partial charge >= 0.3 is 5.97 Å². The highest BCUT2D eigenvalue weighted by Gasteiger charge is 2.59. The van der Waals surface area contributed by atoms with E-state index in [1.165, 1.54) is 22.4 Å². The number of rotatable bonds is 3. The number of esters is 1. The summed E-state index contributed by atoms with van der Waals surface area (Å²) in [4.78, 5) is 17.8. The van der Waals surface area contributed by atoms with Gasteiger partial charge in [-0.3, -0.25) is 9.69 Å². The first kappa shape index (κ1) is 22.0. The van der Waals surface area contributed by atoms with E-state index in [1.807, 2.05) is 0 Å². The van der Waals surface area contributed by atoms with E-state index in [-0.39, 0.29) is 29.3 Å². The fourth-order valence-electron chi connectivity index (χ4n) is 6.66. The molecule has 1 aromatic rings. The summed E-state index contributed by atoms with van der Waals surface area (Å²) >= 11 is 0. The number of anilines is 1. The SMILES string of the molecule is Cc1ccc(N2CCN(C[C@H]3C(=O)O[C@@H]4CC5=CCC[C@H](C)[C@@]5(C)[C@H](O)[C@H]43)CC2)cc1C. The molecular formula is C27H38N2O3. The summed E-state index contributed by atoms with van der Waals surface area (Å²) in [5.41, 5.74) is 5.02. The average Bonchev–Trinajstić information content (AvgIpc) is 3.08. The number of carbonyl (C=O) groups is 1. The molecule has 0 spiro atoms. The predicted molar refractivity (Wildman–Crippen MR) is 127 cm³/mol. The number of hydrogen-bond acceptors (Lipinski definition) is 5. The van der Waals surface area contributed by atoms with Gasteiger partial charge in [0.25, 0.3) is 0 Å². The molecule has 1 saturated carbocycles. The minimum absolute atomic E-state index is 0.0945. The van der Waals surface area contributed by atoms with Crippen LogP contribution in [-0.4, -0.2) is 60.9 Å². The lowest BCUT2D eigenvalue weighted by Gasteiger charge is -2.52. The van der Waals surface area contributed by atoms with Crippen LogP contribution in [0.25, 0.3) is 0 Å². The van der Waals surface area contributed by atoms with E-state index in [0.29, 0.717) is 12.5 Å². The van der Waals surface area contributed by atoms with Crippen molar-refractivity contribution >= 4 is 11.7 Å². The monoisotopic (exact) mass is 438 g/mol. The molecule has 2 aliphatic carbocycles. The summed E-state index contributed by atoms with van der Waals surface area (Å²) in [6, 6.07) is 6.69. The van der Waals surface area contributed by atoms with Gasteiger partial charge in [0.2, 0.25) is 0 Å². The van der Waals surface area contributed by atoms with Crippen molar-refractivity contribution in [3.05, 3.63) is 41.0 Å². The Morgan fingerprint density at radius 1 is 1.16 bits per heavy atom. The van der Waals surface area contributed by atoms with Crippen molar-refractivity contribution in [1.82, 2.24) is 4.90 Å². The number of aliphatic hydroxyl groups is 1. The Hall–Kier alpha value is -1.85. The fraction of sp³-hybridized carbons (Fsp3) is 0.667. The lowest BCUT2D eigenvalue weighted by atomic mass is 9.55. The highest BCUT2D eigenvalue weighted by molar-refractivity contribution is 5.76. The fourth-order valence-corrected chi connectivity index (χ4v) is 6.66. The van der Waals surface area contributed by atoms with E-state index in [4.69, 9.17) is 4.74 Å². The van der Waals surface area contributed by atoms with Crippen LogP contribution < -0.4 is 4.90 Å². The minimum Gasteiger partial charge on any atom is -0.461 e. The first-order chi connectivity index (χ1) is 15.3. The highest BCUT2D eigenvalue weighted by Crippen LogP contribution is 2.56. The minimum atomic E-state index is -0.518. The molecule has 174 valence electrons. The van der Waals surface area contributed by atoms with E-state index >= 15 is 0 Å². The molecular weight excluding hydrogens is 400 g/mol. The summed E-state index contributed by atoms with van der Waals surface area (Å²) in [6.45, 7) is 13.3. The van der Waals surface area contributed by atoms with Gasteiger partial charge in [0.05, 0.1) is 12.0 Å². The zero-order valence-electron chi connectivity index (χ0n) is 20.0. The Bertz CT molecular complexity index is 919. The average molecular weight is 439 g/mol. The number of aliphatic hydroxyl groups excluding tert-OH is 1. The molecule has 2 heterocycles. The molecule has 0 bridgehead atoms. The van der Waals surface area contributed by atoms with E-state index in [9.17, 15) is 9.90 Å². The second kappa shape index (κ2) is 8.18. The molecule has 2 aliphatic heterocycles. The molecule has 3 fully saturated rings. The number of piperazine rings is 1. The van der Waals surface area contributed by atoms with Gasteiger partial charge in [-0.1, -0.05) is 31.6 Å². The van der Waals surface area contributed by atoms with Gasteiger partial charge in [-0.05, 0) is 55.9 Å². The van der Waals surface area contributed by atoms with Crippen molar-refractivity contribution < 1.29 is 14.6 Å². The second-order valence-electron chi connectivity index (χ2n) is 10.9. The summed E-state index contributed by atoms with van der Waals surface area (Å²) in [7, 11) is 0. The maximum atomic E-state index is 12.9. The van der Waals surface area contributed by atoms with E-state index in [0.717, 1.165) is 45.4 Å². The van der Waals surface area contributed by atoms with E-state index in [1.54, 1.807) is 0 Å². The van der Waals surface area contributed by atoms with E-state index in [2.05, 4.69) is 61.8 Å². The Kier molecular flexibility index (Phi) is 5.61. The van der Waals surface area contributed by atoms with Crippen molar-refractivity contribution in [2.75, 3.05) is 37.6 Å². The number of hydrogen-bond donors (Lipinski definition) is 1. The molecule has 2 saturated heterocycles. The van der Waals surface area contributed by atoms with Crippen LogP contribution in [0.5, 0.6) is 0 Å². The van der Waals surface area contributed by atoms with Crippen molar-refractivity contribution in [2.45, 2.75) is 59.2 Å². The quantitative estimate of drug-likeness (QED) is 0.576. The van der Waals surface area contributed by atoms with Crippen LogP contribution >= 0.6 is 0 Å². The number of fused-ring (bicyclic) bond motifs is 2. The number of carbonyl (C=O) groups excluding carboxylic acids is 1. The van der Waals surface area contributed by atoms with Crippen molar-refractivity contribution in [1.29, 1.82) is 0 Å². The summed E-state index contributed by atoms with van der Waals surface area (Å²) < 4.78 is 5.86. The summed E-state index contributed by atoms with van der Waals surface area (Å²) in [5.74, 6) is 0.00102. The topological polar surface area (TPSA) is 53.0 Å². The van der Waals surface area contributed by atoms with Crippen molar-refractivity contribution in [3.63, 3.8) is 0 Å². The highest BCUT2D eigenvalue weighted by atomic mass is 16.6. The van der Waals surface area contributed by atoms with Gasteiger partial charge in [-0.2, -0.15) is 0 Å². The van der Waals surface area contributed by atoms with Crippen LogP contribution in [0.1, 0.15) is 44.2 Å². The van der Waals surface area contributed by atoms with Crippen molar-refractivity contribution in [2.24, 2.45) is 23.2 Å². The van der Waals surface area contributed by atoms with Crippen molar-refractivity contribution in [3.8, 4) is 0 Å². The molecule has 32 heavy (non-hydrogen) atoms. The number of allylic oxidation sites excluding steroid dienone is 1. The summed E-state index contributed by atoms with van der Waals surface area (Å²) in [6.07, 6.45) is 4.59. The Balaban J connectivity index is 1.27. The van der Waals surface area contributed by atoms with Crippen LogP contribution in [0.3, 0.4) is 0 Å². The maximum absolute atomic E-state index is 12.9. The maximum Gasteiger partial charge on any atom is 0.311 e. The Labute approximate surface area is 192 Å². The van der Waals surface area contributed by atoms with Gasteiger partial charge in [-0.25, -0.2) is 0 Å². The molecule has 5 rings (SSSR count). The molecule has 0 radical (unpaired) electrons. The van der Waals surface area contributed by atoms with Crippen LogP contribution in [0.4, 0.5) is 5.69 Å². The third-order valence-electron chi connectivity index (χ3n) is 9.25. The van der Waals surface area contributed by atoms with Crippen LogP contribution in [0.2, 0.25) is 0 Å². The first-order valence-electron chi connectivity index (χ1n) is 12.4. The predicted octanol–water partition coefficient (Wildman–Crippen LogP) is 3.71. The third-order valence-corrected chi connectivity index (χ3v) is 9.25. The molecule has 5 heteroatoms. The number of aryl methyl sites for hydroxylation is 2. The zero-order chi connectivity index (χ0) is 22.6. The number of benzene rings is 1. The molecule has 4 aliphatic rings. The van der Waals surface area contributed by atoms with Gasteiger partial charge in [-0.15, -0.1) is 0 Å². The third kappa shape index (κ3) is 3.49. The van der Waals surface area contributed by atoms with Crippen LogP contribution in [0, 0.1) is 37.0 Å². The molecule has 0 aromatic heterocycles. The molecule has 6 atom stereocenters. The number of nitrogens with zero attached hydrogens (tertiary/aromatic N) is 2. The lowest BCUT2D eigenvalue weighted by molar-refractivity contribution is -0.145. The smallest absolute Gasteiger partial charge is 0.311 e. The largest absolute Gasteiger partial charge is 0.461 e. The summed E-state index contributed by atoms with van der Waals surface area (Å²) in [5, 5.41) is 11.6. The number of ether oxygens (including phenoxy) is 1. The van der Waals surface area contributed by atoms with Gasteiger partial charge in [0.1, 0.15) is 6.10 Å². The molecule has 0 amide bonds. The van der Waals surface area contributed by atoms with Gasteiger partial charge in [0.15, 0.2) is 0 Å². The standard InChI is InChI=1S/C27H38N2O3/c1-17-8-9-21(14-18(17)2)29-12-10-28(11-13-29)16-22-24-23(32-26(22)31)15-20-7-5-6-19(3)27(20,4)25(24)30/h7-9,14,19,22-25,30H,5-6,10-13,15-16H2,1-4H3/t19-,22+,23+,24-,25+,27+/m0/s1. The molecule has 1 aromatic carbocycles. The van der Waals surface area contributed by atoms with Crippen LogP contribution in [-0.2, 0) is 9.53 Å². The zero-order valence-corrected chi connectivity index (χ0v) is 20.0. The normalized spacial score (nSPS) is 37.5. The van der Waals surface area contributed by atoms with E-state index < -0.39 is 6.10 Å². The Morgan fingerprint density at radius 2 is 1.91 bits per heavy atom. The van der Waals surface area contributed by atoms with Gasteiger partial charge < -0.3 is 14.7 Å². The van der Waals surface area contributed by atoms with Gasteiger partial charge in [0, 0.05) is 56.2 Å². The lowest BCUT2D eigenvalue weighted by Crippen LogP contribution is -2.55. The molecule has 5 nitrogen and oxygen atoms in total. The Morgan fingerprint density at radius 3 is 2.62 bits per heavy atom. The van der Waals surface area contributed by atoms with Crippen LogP contribution in [0.15, 0.2) is 29.8 Å². The second-order valence-corrected chi connectivity index (χ2v) is 10.9.